The molecule has 3 heterocycles. The summed E-state index contributed by atoms with van der Waals surface area (Å²) in [6, 6.07) is 13.0. The molecule has 5 rings (SSSR count). The van der Waals surface area contributed by atoms with Gasteiger partial charge in [-0.25, -0.2) is 13.2 Å². The second kappa shape index (κ2) is 13.7. The smallest absolute Gasteiger partial charge is 0.407 e. The van der Waals surface area contributed by atoms with E-state index in [1.54, 1.807) is 6.07 Å². The van der Waals surface area contributed by atoms with Crippen LogP contribution in [0.3, 0.4) is 0 Å². The lowest BCUT2D eigenvalue weighted by atomic mass is 10.0. The first kappa shape index (κ1) is 31.4. The van der Waals surface area contributed by atoms with Crippen LogP contribution in [0.15, 0.2) is 57.9 Å². The highest BCUT2D eigenvalue weighted by molar-refractivity contribution is 7.89. The largest absolute Gasteiger partial charge is 0.443 e. The predicted octanol–water partition coefficient (Wildman–Crippen LogP) is 3.08. The van der Waals surface area contributed by atoms with Gasteiger partial charge in [0, 0.05) is 25.6 Å². The van der Waals surface area contributed by atoms with Crippen LogP contribution in [0.25, 0.3) is 11.0 Å². The lowest BCUT2D eigenvalue weighted by Gasteiger charge is -2.31. The normalized spacial score (nSPS) is 21.8. The summed E-state index contributed by atoms with van der Waals surface area (Å²) in [7, 11) is -2.55. The first-order valence-corrected chi connectivity index (χ1v) is 15.9. The molecule has 0 aliphatic carbocycles. The Bertz CT molecular complexity index is 1480. The SMILES string of the molecule is COCc1noc2ccc(S(=O)(=O)N(CC(C)C)C[C@@H](O)[C@H](Cc3ccccc3)NC(=O)O[C@H]3CO[C@H]4OCC[C@H]43)cc12. The number of benzene rings is 2. The lowest BCUT2D eigenvalue weighted by molar-refractivity contribution is -0.0907. The Morgan fingerprint density at radius 3 is 2.70 bits per heavy atom. The van der Waals surface area contributed by atoms with Gasteiger partial charge in [0.2, 0.25) is 10.0 Å². The number of nitrogens with zero attached hydrogens (tertiary/aromatic N) is 2. The van der Waals surface area contributed by atoms with Crippen molar-refractivity contribution in [3.05, 3.63) is 59.8 Å². The van der Waals surface area contributed by atoms with Crippen LogP contribution < -0.4 is 5.32 Å². The van der Waals surface area contributed by atoms with Crippen molar-refractivity contribution in [2.24, 2.45) is 11.8 Å². The zero-order valence-corrected chi connectivity index (χ0v) is 25.4. The zero-order chi connectivity index (χ0) is 30.6. The average molecular weight is 618 g/mol. The summed E-state index contributed by atoms with van der Waals surface area (Å²) >= 11 is 0. The molecular weight excluding hydrogens is 578 g/mol. The van der Waals surface area contributed by atoms with Crippen LogP contribution in [-0.4, -0.2) is 87.0 Å². The number of aliphatic hydroxyl groups is 1. The van der Waals surface area contributed by atoms with Gasteiger partial charge >= 0.3 is 6.09 Å². The van der Waals surface area contributed by atoms with Crippen molar-refractivity contribution in [3.63, 3.8) is 0 Å². The third-order valence-electron chi connectivity index (χ3n) is 7.70. The number of rotatable bonds is 13. The zero-order valence-electron chi connectivity index (χ0n) is 24.5. The van der Waals surface area contributed by atoms with Crippen molar-refractivity contribution in [3.8, 4) is 0 Å². The molecule has 12 nitrogen and oxygen atoms in total. The van der Waals surface area contributed by atoms with Crippen LogP contribution in [0.5, 0.6) is 0 Å². The molecule has 1 amide bonds. The number of aromatic nitrogens is 1. The number of alkyl carbamates (subject to hydrolysis) is 1. The van der Waals surface area contributed by atoms with Gasteiger partial charge in [-0.2, -0.15) is 4.31 Å². The monoisotopic (exact) mass is 617 g/mol. The van der Waals surface area contributed by atoms with Crippen molar-refractivity contribution < 1.29 is 41.8 Å². The summed E-state index contributed by atoms with van der Waals surface area (Å²) in [5.41, 5.74) is 1.79. The number of hydrogen-bond acceptors (Lipinski definition) is 10. The summed E-state index contributed by atoms with van der Waals surface area (Å²) in [5.74, 6) is -0.0816. The highest BCUT2D eigenvalue weighted by atomic mass is 32.2. The van der Waals surface area contributed by atoms with Gasteiger partial charge in [0.05, 0.1) is 42.8 Å². The molecule has 2 aromatic carbocycles. The summed E-state index contributed by atoms with van der Waals surface area (Å²) in [6.07, 6.45) is -1.81. The molecular formula is C30H39N3O9S. The number of amides is 1. The molecule has 0 saturated carbocycles. The number of nitrogens with one attached hydrogen (secondary N) is 1. The van der Waals surface area contributed by atoms with E-state index in [-0.39, 0.29) is 55.7 Å². The summed E-state index contributed by atoms with van der Waals surface area (Å²) in [6.45, 7) is 4.63. The fraction of sp³-hybridized carbons (Fsp3) is 0.533. The highest BCUT2D eigenvalue weighted by Crippen LogP contribution is 2.33. The maximum absolute atomic E-state index is 14.0. The van der Waals surface area contributed by atoms with Gasteiger partial charge in [0.25, 0.3) is 0 Å². The molecule has 0 spiro atoms. The Balaban J connectivity index is 1.36. The highest BCUT2D eigenvalue weighted by Gasteiger charge is 2.44. The molecule has 2 aliphatic rings. The molecule has 2 fully saturated rings. The van der Waals surface area contributed by atoms with E-state index >= 15 is 0 Å². The van der Waals surface area contributed by atoms with Crippen molar-refractivity contribution in [2.45, 2.75) is 62.7 Å². The first-order chi connectivity index (χ1) is 20.7. The van der Waals surface area contributed by atoms with Gasteiger partial charge in [0.15, 0.2) is 11.9 Å². The molecule has 1 aromatic heterocycles. The van der Waals surface area contributed by atoms with E-state index < -0.39 is 34.4 Å². The van der Waals surface area contributed by atoms with E-state index in [1.165, 1.54) is 23.5 Å². The molecule has 13 heteroatoms. The molecule has 0 bridgehead atoms. The van der Waals surface area contributed by atoms with Crippen LogP contribution in [0.4, 0.5) is 4.79 Å². The molecule has 0 unspecified atom stereocenters. The topological polar surface area (TPSA) is 150 Å². The van der Waals surface area contributed by atoms with E-state index in [0.717, 1.165) is 12.0 Å². The molecule has 43 heavy (non-hydrogen) atoms. The Morgan fingerprint density at radius 1 is 1.16 bits per heavy atom. The maximum Gasteiger partial charge on any atom is 0.407 e. The minimum atomic E-state index is -4.07. The summed E-state index contributed by atoms with van der Waals surface area (Å²) in [4.78, 5) is 13.1. The van der Waals surface area contributed by atoms with Crippen LogP contribution in [0.1, 0.15) is 31.5 Å². The molecule has 2 aliphatic heterocycles. The van der Waals surface area contributed by atoms with Crippen LogP contribution in [-0.2, 0) is 42.0 Å². The summed E-state index contributed by atoms with van der Waals surface area (Å²) in [5, 5.41) is 18.8. The Kier molecular flexibility index (Phi) is 9.99. The van der Waals surface area contributed by atoms with Gasteiger partial charge in [-0.05, 0) is 42.5 Å². The van der Waals surface area contributed by atoms with E-state index in [1.807, 2.05) is 44.2 Å². The summed E-state index contributed by atoms with van der Waals surface area (Å²) < 4.78 is 56.5. The van der Waals surface area contributed by atoms with Gasteiger partial charge in [-0.15, -0.1) is 0 Å². The standard InChI is InChI=1S/C30H39N3O9S/c1-19(2)15-33(43(36,37)21-9-10-27-23(14-21)25(17-38-3)32-42-27)16-26(34)24(13-20-7-5-4-6-8-20)31-30(35)41-28-18-40-29-22(28)11-12-39-29/h4-10,14,19,22,24,26,28-29,34H,11-13,15-18H2,1-3H3,(H,31,35)/t22-,24-,26+,28-,29+/m0/s1. The Hall–Kier alpha value is -3.07. The number of aliphatic hydroxyl groups excluding tert-OH is 1. The fourth-order valence-electron chi connectivity index (χ4n) is 5.55. The molecule has 5 atom stereocenters. The first-order valence-electron chi connectivity index (χ1n) is 14.5. The fourth-order valence-corrected chi connectivity index (χ4v) is 7.20. The van der Waals surface area contributed by atoms with Crippen molar-refractivity contribution in [2.75, 3.05) is 33.4 Å². The van der Waals surface area contributed by atoms with E-state index in [4.69, 9.17) is 23.5 Å². The van der Waals surface area contributed by atoms with E-state index in [2.05, 4.69) is 10.5 Å². The van der Waals surface area contributed by atoms with Crippen molar-refractivity contribution >= 4 is 27.1 Å². The number of fused-ring (bicyclic) bond motifs is 2. The van der Waals surface area contributed by atoms with Crippen LogP contribution in [0.2, 0.25) is 0 Å². The van der Waals surface area contributed by atoms with Gasteiger partial charge < -0.3 is 33.9 Å². The molecule has 234 valence electrons. The maximum atomic E-state index is 14.0. The van der Waals surface area contributed by atoms with E-state index in [0.29, 0.717) is 23.3 Å². The minimum Gasteiger partial charge on any atom is -0.443 e. The average Bonchev–Trinajstić information content (AvgIpc) is 3.70. The number of ether oxygens (including phenoxy) is 4. The van der Waals surface area contributed by atoms with Gasteiger partial charge in [-0.1, -0.05) is 49.3 Å². The lowest BCUT2D eigenvalue weighted by Crippen LogP contribution is -2.51. The predicted molar refractivity (Wildman–Crippen MR) is 155 cm³/mol. The van der Waals surface area contributed by atoms with Gasteiger partial charge in [-0.3, -0.25) is 0 Å². The Labute approximate surface area is 251 Å². The number of hydrogen-bond donors (Lipinski definition) is 2. The van der Waals surface area contributed by atoms with Gasteiger partial charge in [0.1, 0.15) is 11.8 Å². The van der Waals surface area contributed by atoms with Crippen LogP contribution >= 0.6 is 0 Å². The molecule has 3 aromatic rings. The Morgan fingerprint density at radius 2 is 1.95 bits per heavy atom. The van der Waals surface area contributed by atoms with E-state index in [9.17, 15) is 18.3 Å². The number of carbonyl (C=O) groups is 1. The third-order valence-corrected chi connectivity index (χ3v) is 9.53. The number of sulfonamides is 1. The number of carbonyl (C=O) groups excluding carboxylic acids is 1. The molecule has 0 radical (unpaired) electrons. The molecule has 2 saturated heterocycles. The minimum absolute atomic E-state index is 0.0370. The van der Waals surface area contributed by atoms with Crippen LogP contribution in [0, 0.1) is 11.8 Å². The second-order valence-corrected chi connectivity index (χ2v) is 13.4. The third kappa shape index (κ3) is 7.36. The van der Waals surface area contributed by atoms with Crippen molar-refractivity contribution in [1.82, 2.24) is 14.8 Å². The van der Waals surface area contributed by atoms with Crippen molar-refractivity contribution in [1.29, 1.82) is 0 Å². The molecule has 2 N–H and O–H groups in total. The number of methoxy groups -OCH3 is 1. The quantitative estimate of drug-likeness (QED) is 0.293. The second-order valence-electron chi connectivity index (χ2n) is 11.4.